The van der Waals surface area contributed by atoms with E-state index in [0.717, 1.165) is 19.5 Å². The van der Waals surface area contributed by atoms with Crippen molar-refractivity contribution < 1.29 is 0 Å². The van der Waals surface area contributed by atoms with E-state index in [-0.39, 0.29) is 0 Å². The number of hydrogen-bond donors (Lipinski definition) is 2. The maximum absolute atomic E-state index is 3.69. The predicted molar refractivity (Wildman–Crippen MR) is 94.7 cm³/mol. The SMILES string of the molecule is CC(Cc1ccc2c(c1)CCN2)NCCCCN1CCCC1. The van der Waals surface area contributed by atoms with Crippen LogP contribution in [0.3, 0.4) is 0 Å². The monoisotopic (exact) mass is 301 g/mol. The molecule has 1 fully saturated rings. The molecule has 22 heavy (non-hydrogen) atoms. The molecule has 0 spiro atoms. The fourth-order valence-corrected chi connectivity index (χ4v) is 3.73. The molecule has 0 amide bonds. The Labute approximate surface area is 135 Å². The van der Waals surface area contributed by atoms with Gasteiger partial charge in [0, 0.05) is 18.3 Å². The van der Waals surface area contributed by atoms with Gasteiger partial charge in [0.1, 0.15) is 0 Å². The van der Waals surface area contributed by atoms with Gasteiger partial charge in [-0.1, -0.05) is 12.1 Å². The van der Waals surface area contributed by atoms with Crippen LogP contribution < -0.4 is 10.6 Å². The number of anilines is 1. The molecule has 0 saturated carbocycles. The Kier molecular flexibility index (Phi) is 5.74. The van der Waals surface area contributed by atoms with Crippen LogP contribution in [0.15, 0.2) is 18.2 Å². The van der Waals surface area contributed by atoms with Crippen LogP contribution >= 0.6 is 0 Å². The summed E-state index contributed by atoms with van der Waals surface area (Å²) in [7, 11) is 0. The smallest absolute Gasteiger partial charge is 0.0373 e. The molecule has 0 radical (unpaired) electrons. The molecule has 1 saturated heterocycles. The molecule has 2 N–H and O–H groups in total. The zero-order chi connectivity index (χ0) is 15.2. The summed E-state index contributed by atoms with van der Waals surface area (Å²) in [5.41, 5.74) is 4.31. The summed E-state index contributed by atoms with van der Waals surface area (Å²) in [5, 5.41) is 7.12. The third kappa shape index (κ3) is 4.47. The third-order valence-electron chi connectivity index (χ3n) is 5.01. The first-order valence-electron chi connectivity index (χ1n) is 9.13. The highest BCUT2D eigenvalue weighted by atomic mass is 15.1. The van der Waals surface area contributed by atoms with Crippen LogP contribution in [0, 0.1) is 0 Å². The fraction of sp³-hybridized carbons (Fsp3) is 0.684. The van der Waals surface area contributed by atoms with Crippen molar-refractivity contribution in [1.82, 2.24) is 10.2 Å². The van der Waals surface area contributed by atoms with Crippen LogP contribution in [0.2, 0.25) is 0 Å². The number of likely N-dealkylation sites (tertiary alicyclic amines) is 1. The van der Waals surface area contributed by atoms with Crippen molar-refractivity contribution in [2.75, 3.05) is 38.0 Å². The highest BCUT2D eigenvalue weighted by Crippen LogP contribution is 2.23. The van der Waals surface area contributed by atoms with Crippen LogP contribution in [0.5, 0.6) is 0 Å². The van der Waals surface area contributed by atoms with Crippen LogP contribution in [-0.2, 0) is 12.8 Å². The van der Waals surface area contributed by atoms with E-state index < -0.39 is 0 Å². The van der Waals surface area contributed by atoms with Crippen molar-refractivity contribution in [2.45, 2.75) is 51.5 Å². The number of unbranched alkanes of at least 4 members (excludes halogenated alkanes) is 1. The number of nitrogens with one attached hydrogen (secondary N) is 2. The number of fused-ring (bicyclic) bond motifs is 1. The second kappa shape index (κ2) is 7.98. The Bertz CT molecular complexity index is 466. The minimum Gasteiger partial charge on any atom is -0.384 e. The maximum atomic E-state index is 3.69. The van der Waals surface area contributed by atoms with E-state index in [1.807, 2.05) is 0 Å². The van der Waals surface area contributed by atoms with Crippen molar-refractivity contribution in [2.24, 2.45) is 0 Å². The summed E-state index contributed by atoms with van der Waals surface area (Å²) >= 11 is 0. The molecule has 2 heterocycles. The molecule has 122 valence electrons. The number of hydrogen-bond acceptors (Lipinski definition) is 3. The molecule has 1 aromatic carbocycles. The number of rotatable bonds is 8. The molecule has 2 aliphatic rings. The van der Waals surface area contributed by atoms with Gasteiger partial charge in [-0.05, 0) is 88.8 Å². The Morgan fingerprint density at radius 3 is 2.95 bits per heavy atom. The van der Waals surface area contributed by atoms with Gasteiger partial charge in [-0.3, -0.25) is 0 Å². The number of nitrogens with zero attached hydrogens (tertiary/aromatic N) is 1. The van der Waals surface area contributed by atoms with Gasteiger partial charge in [-0.25, -0.2) is 0 Å². The Hall–Kier alpha value is -1.06. The molecule has 3 heteroatoms. The van der Waals surface area contributed by atoms with Crippen molar-refractivity contribution in [3.05, 3.63) is 29.3 Å². The molecular formula is C19H31N3. The average Bonchev–Trinajstić information content (AvgIpc) is 3.17. The Morgan fingerprint density at radius 2 is 2.09 bits per heavy atom. The standard InChI is InChI=1S/C19H31N3/c1-16(20-9-2-3-11-22-12-4-5-13-22)14-17-6-7-19-18(15-17)8-10-21-19/h6-7,15-16,20-21H,2-5,8-14H2,1H3. The lowest BCUT2D eigenvalue weighted by molar-refractivity contribution is 0.328. The summed E-state index contributed by atoms with van der Waals surface area (Å²) in [4.78, 5) is 2.61. The third-order valence-corrected chi connectivity index (χ3v) is 5.01. The molecule has 1 aromatic rings. The van der Waals surface area contributed by atoms with Crippen molar-refractivity contribution >= 4 is 5.69 Å². The lowest BCUT2D eigenvalue weighted by Gasteiger charge is -2.16. The van der Waals surface area contributed by atoms with Gasteiger partial charge in [0.15, 0.2) is 0 Å². The van der Waals surface area contributed by atoms with E-state index in [0.29, 0.717) is 6.04 Å². The lowest BCUT2D eigenvalue weighted by Crippen LogP contribution is -2.29. The highest BCUT2D eigenvalue weighted by molar-refractivity contribution is 5.56. The first-order valence-corrected chi connectivity index (χ1v) is 9.13. The summed E-state index contributed by atoms with van der Waals surface area (Å²) in [6, 6.07) is 7.49. The normalized spacial score (nSPS) is 19.1. The zero-order valence-electron chi connectivity index (χ0n) is 14.0. The van der Waals surface area contributed by atoms with Crippen LogP contribution in [-0.4, -0.2) is 43.7 Å². The molecule has 1 atom stereocenters. The van der Waals surface area contributed by atoms with Crippen LogP contribution in [0.1, 0.15) is 43.7 Å². The maximum Gasteiger partial charge on any atom is 0.0373 e. The average molecular weight is 301 g/mol. The first-order chi connectivity index (χ1) is 10.8. The summed E-state index contributed by atoms with van der Waals surface area (Å²) in [5.74, 6) is 0. The van der Waals surface area contributed by atoms with Gasteiger partial charge < -0.3 is 15.5 Å². The van der Waals surface area contributed by atoms with Crippen molar-refractivity contribution in [3.63, 3.8) is 0 Å². The highest BCUT2D eigenvalue weighted by Gasteiger charge is 2.12. The lowest BCUT2D eigenvalue weighted by atomic mass is 10.0. The van der Waals surface area contributed by atoms with Gasteiger partial charge in [0.25, 0.3) is 0 Å². The molecule has 0 aliphatic carbocycles. The predicted octanol–water partition coefficient (Wildman–Crippen LogP) is 3.05. The summed E-state index contributed by atoms with van der Waals surface area (Å²) in [6.07, 6.45) is 7.78. The molecule has 1 unspecified atom stereocenters. The van der Waals surface area contributed by atoms with Crippen LogP contribution in [0.25, 0.3) is 0 Å². The van der Waals surface area contributed by atoms with Crippen LogP contribution in [0.4, 0.5) is 5.69 Å². The largest absolute Gasteiger partial charge is 0.384 e. The minimum atomic E-state index is 0.569. The quantitative estimate of drug-likeness (QED) is 0.723. The zero-order valence-corrected chi connectivity index (χ0v) is 14.0. The van der Waals surface area contributed by atoms with E-state index in [1.54, 1.807) is 0 Å². The van der Waals surface area contributed by atoms with E-state index >= 15 is 0 Å². The topological polar surface area (TPSA) is 27.3 Å². The summed E-state index contributed by atoms with van der Waals surface area (Å²) in [6.45, 7) is 8.53. The van der Waals surface area contributed by atoms with E-state index in [9.17, 15) is 0 Å². The molecule has 0 bridgehead atoms. The van der Waals surface area contributed by atoms with Crippen molar-refractivity contribution in [3.8, 4) is 0 Å². The summed E-state index contributed by atoms with van der Waals surface area (Å²) < 4.78 is 0. The Balaban J connectivity index is 1.31. The van der Waals surface area contributed by atoms with Gasteiger partial charge in [-0.15, -0.1) is 0 Å². The van der Waals surface area contributed by atoms with E-state index in [4.69, 9.17) is 0 Å². The molecule has 3 nitrogen and oxygen atoms in total. The molecule has 0 aromatic heterocycles. The number of benzene rings is 1. The second-order valence-corrected chi connectivity index (χ2v) is 6.98. The first kappa shape index (κ1) is 15.8. The van der Waals surface area contributed by atoms with Gasteiger partial charge >= 0.3 is 0 Å². The molecule has 3 rings (SSSR count). The van der Waals surface area contributed by atoms with Gasteiger partial charge in [-0.2, -0.15) is 0 Å². The van der Waals surface area contributed by atoms with Crippen molar-refractivity contribution in [1.29, 1.82) is 0 Å². The molecule has 2 aliphatic heterocycles. The van der Waals surface area contributed by atoms with E-state index in [2.05, 4.69) is 40.7 Å². The molecular weight excluding hydrogens is 270 g/mol. The second-order valence-electron chi connectivity index (χ2n) is 6.98. The fourth-order valence-electron chi connectivity index (χ4n) is 3.73. The Morgan fingerprint density at radius 1 is 1.23 bits per heavy atom. The van der Waals surface area contributed by atoms with E-state index in [1.165, 1.54) is 68.6 Å². The van der Waals surface area contributed by atoms with Gasteiger partial charge in [0.2, 0.25) is 0 Å². The minimum absolute atomic E-state index is 0.569. The van der Waals surface area contributed by atoms with Gasteiger partial charge in [0.05, 0.1) is 0 Å².